The van der Waals surface area contributed by atoms with E-state index in [9.17, 15) is 0 Å². The van der Waals surface area contributed by atoms with E-state index in [0.717, 1.165) is 29.0 Å². The van der Waals surface area contributed by atoms with Crippen LogP contribution in [0.3, 0.4) is 0 Å². The zero-order valence-electron chi connectivity index (χ0n) is 12.4. The standard InChI is InChI=1S/C18H15N3S2/c1-2-5-13(6-3-1)16-11-15-17(23-16)18(21-12-20-15)19-9-8-14-7-4-10-22-14/h1-7,10-12H,8-9H2,(H,19,20,21). The third-order valence-electron chi connectivity index (χ3n) is 3.61. The maximum atomic E-state index is 4.42. The number of nitrogens with one attached hydrogen (secondary N) is 1. The first-order chi connectivity index (χ1) is 11.4. The molecule has 0 saturated heterocycles. The Hall–Kier alpha value is -2.24. The largest absolute Gasteiger partial charge is 0.368 e. The van der Waals surface area contributed by atoms with Crippen molar-refractivity contribution in [2.24, 2.45) is 0 Å². The minimum absolute atomic E-state index is 0.880. The van der Waals surface area contributed by atoms with Gasteiger partial charge in [0.25, 0.3) is 0 Å². The Balaban J connectivity index is 1.58. The monoisotopic (exact) mass is 337 g/mol. The number of benzene rings is 1. The van der Waals surface area contributed by atoms with Gasteiger partial charge in [0.15, 0.2) is 0 Å². The van der Waals surface area contributed by atoms with Gasteiger partial charge in [0.1, 0.15) is 12.1 Å². The maximum absolute atomic E-state index is 4.42. The van der Waals surface area contributed by atoms with Crippen molar-refractivity contribution in [3.63, 3.8) is 0 Å². The molecule has 114 valence electrons. The predicted molar refractivity (Wildman–Crippen MR) is 99.4 cm³/mol. The minimum Gasteiger partial charge on any atom is -0.368 e. The quantitative estimate of drug-likeness (QED) is 0.552. The van der Waals surface area contributed by atoms with Gasteiger partial charge in [0.2, 0.25) is 0 Å². The average Bonchev–Trinajstić information content (AvgIpc) is 3.25. The third-order valence-corrected chi connectivity index (χ3v) is 5.73. The van der Waals surface area contributed by atoms with Crippen molar-refractivity contribution in [2.45, 2.75) is 6.42 Å². The second-order valence-corrected chi connectivity index (χ2v) is 7.25. The van der Waals surface area contributed by atoms with Crippen LogP contribution in [0.4, 0.5) is 5.82 Å². The molecule has 4 aromatic rings. The fourth-order valence-corrected chi connectivity index (χ4v) is 4.28. The van der Waals surface area contributed by atoms with Crippen molar-refractivity contribution in [3.8, 4) is 10.4 Å². The molecule has 5 heteroatoms. The minimum atomic E-state index is 0.880. The second-order valence-electron chi connectivity index (χ2n) is 5.17. The van der Waals surface area contributed by atoms with Gasteiger partial charge in [-0.2, -0.15) is 0 Å². The van der Waals surface area contributed by atoms with E-state index in [4.69, 9.17) is 0 Å². The van der Waals surface area contributed by atoms with Crippen molar-refractivity contribution in [2.75, 3.05) is 11.9 Å². The highest BCUT2D eigenvalue weighted by Gasteiger charge is 2.09. The van der Waals surface area contributed by atoms with Crippen LogP contribution in [0.15, 0.2) is 60.2 Å². The van der Waals surface area contributed by atoms with Crippen LogP contribution in [0.2, 0.25) is 0 Å². The number of hydrogen-bond acceptors (Lipinski definition) is 5. The lowest BCUT2D eigenvalue weighted by Gasteiger charge is -2.04. The summed E-state index contributed by atoms with van der Waals surface area (Å²) in [4.78, 5) is 11.4. The molecular formula is C18H15N3S2. The van der Waals surface area contributed by atoms with Gasteiger partial charge < -0.3 is 5.32 Å². The van der Waals surface area contributed by atoms with Gasteiger partial charge in [-0.25, -0.2) is 9.97 Å². The molecule has 0 spiro atoms. The summed E-state index contributed by atoms with van der Waals surface area (Å²) < 4.78 is 1.12. The number of rotatable bonds is 5. The number of anilines is 1. The number of fused-ring (bicyclic) bond motifs is 1. The molecule has 0 saturated carbocycles. The summed E-state index contributed by atoms with van der Waals surface area (Å²) in [6, 6.07) is 16.8. The summed E-state index contributed by atoms with van der Waals surface area (Å²) in [7, 11) is 0. The molecule has 3 nitrogen and oxygen atoms in total. The van der Waals surface area contributed by atoms with Crippen molar-refractivity contribution in [1.82, 2.24) is 9.97 Å². The molecule has 3 aromatic heterocycles. The van der Waals surface area contributed by atoms with Crippen LogP contribution in [0.5, 0.6) is 0 Å². The number of thiophene rings is 2. The molecule has 0 amide bonds. The van der Waals surface area contributed by atoms with E-state index in [-0.39, 0.29) is 0 Å². The fraction of sp³-hybridized carbons (Fsp3) is 0.111. The Labute approximate surface area is 142 Å². The first kappa shape index (κ1) is 14.4. The lowest BCUT2D eigenvalue weighted by Crippen LogP contribution is -2.05. The average molecular weight is 337 g/mol. The molecule has 0 atom stereocenters. The van der Waals surface area contributed by atoms with Gasteiger partial charge in [0.05, 0.1) is 10.2 Å². The van der Waals surface area contributed by atoms with E-state index >= 15 is 0 Å². The van der Waals surface area contributed by atoms with Crippen molar-refractivity contribution in [3.05, 3.63) is 65.1 Å². The molecule has 0 aliphatic rings. The normalized spacial score (nSPS) is 11.0. The Morgan fingerprint density at radius 2 is 1.91 bits per heavy atom. The molecule has 1 aromatic carbocycles. The van der Waals surface area contributed by atoms with E-state index in [0.29, 0.717) is 0 Å². The van der Waals surface area contributed by atoms with Crippen LogP contribution in [-0.2, 0) is 6.42 Å². The van der Waals surface area contributed by atoms with E-state index in [1.54, 1.807) is 29.0 Å². The molecule has 0 fully saturated rings. The highest BCUT2D eigenvalue weighted by atomic mass is 32.1. The Morgan fingerprint density at radius 3 is 2.74 bits per heavy atom. The molecule has 0 bridgehead atoms. The lowest BCUT2D eigenvalue weighted by atomic mass is 10.2. The van der Waals surface area contributed by atoms with E-state index in [1.165, 1.54) is 15.3 Å². The van der Waals surface area contributed by atoms with Crippen LogP contribution in [0.1, 0.15) is 4.88 Å². The smallest absolute Gasteiger partial charge is 0.147 e. The van der Waals surface area contributed by atoms with Crippen LogP contribution < -0.4 is 5.32 Å². The highest BCUT2D eigenvalue weighted by Crippen LogP contribution is 2.35. The van der Waals surface area contributed by atoms with Gasteiger partial charge >= 0.3 is 0 Å². The summed E-state index contributed by atoms with van der Waals surface area (Å²) in [5.41, 5.74) is 2.22. The summed E-state index contributed by atoms with van der Waals surface area (Å²) in [6.45, 7) is 0.880. The predicted octanol–water partition coefficient (Wildman–Crippen LogP) is 5.07. The van der Waals surface area contributed by atoms with Crippen LogP contribution in [0.25, 0.3) is 20.7 Å². The zero-order chi connectivity index (χ0) is 15.5. The third kappa shape index (κ3) is 3.11. The first-order valence-electron chi connectivity index (χ1n) is 7.46. The Kier molecular flexibility index (Phi) is 4.05. The fourth-order valence-electron chi connectivity index (χ4n) is 2.48. The molecule has 4 rings (SSSR count). The summed E-state index contributed by atoms with van der Waals surface area (Å²) in [6.07, 6.45) is 2.65. The van der Waals surface area contributed by atoms with Crippen LogP contribution in [0, 0.1) is 0 Å². The van der Waals surface area contributed by atoms with Crippen molar-refractivity contribution < 1.29 is 0 Å². The highest BCUT2D eigenvalue weighted by molar-refractivity contribution is 7.22. The molecule has 0 aliphatic heterocycles. The molecule has 3 heterocycles. The number of nitrogens with zero attached hydrogens (tertiary/aromatic N) is 2. The Morgan fingerprint density at radius 1 is 1.00 bits per heavy atom. The maximum Gasteiger partial charge on any atom is 0.147 e. The van der Waals surface area contributed by atoms with Gasteiger partial charge in [0, 0.05) is 16.3 Å². The van der Waals surface area contributed by atoms with Crippen LogP contribution in [-0.4, -0.2) is 16.5 Å². The number of aromatic nitrogens is 2. The topological polar surface area (TPSA) is 37.8 Å². The second kappa shape index (κ2) is 6.48. The van der Waals surface area contributed by atoms with E-state index < -0.39 is 0 Å². The first-order valence-corrected chi connectivity index (χ1v) is 9.16. The summed E-state index contributed by atoms with van der Waals surface area (Å²) in [5.74, 6) is 0.929. The van der Waals surface area contributed by atoms with Crippen molar-refractivity contribution >= 4 is 38.7 Å². The van der Waals surface area contributed by atoms with Gasteiger partial charge in [-0.05, 0) is 29.5 Å². The molecular weight excluding hydrogens is 322 g/mol. The van der Waals surface area contributed by atoms with Gasteiger partial charge in [-0.15, -0.1) is 22.7 Å². The SMILES string of the molecule is c1ccc(-c2cc3ncnc(NCCc4cccs4)c3s2)cc1. The molecule has 1 N–H and O–H groups in total. The van der Waals surface area contributed by atoms with E-state index in [1.807, 2.05) is 6.07 Å². The molecule has 0 radical (unpaired) electrons. The molecule has 0 aliphatic carbocycles. The summed E-state index contributed by atoms with van der Waals surface area (Å²) >= 11 is 3.53. The van der Waals surface area contributed by atoms with Crippen molar-refractivity contribution in [1.29, 1.82) is 0 Å². The van der Waals surface area contributed by atoms with Crippen LogP contribution >= 0.6 is 22.7 Å². The van der Waals surface area contributed by atoms with Gasteiger partial charge in [-0.1, -0.05) is 36.4 Å². The molecule has 0 unspecified atom stereocenters. The molecule has 23 heavy (non-hydrogen) atoms. The van der Waals surface area contributed by atoms with E-state index in [2.05, 4.69) is 63.1 Å². The van der Waals surface area contributed by atoms with Gasteiger partial charge in [-0.3, -0.25) is 0 Å². The zero-order valence-corrected chi connectivity index (χ0v) is 14.0. The summed E-state index contributed by atoms with van der Waals surface area (Å²) in [5, 5.41) is 5.57. The lowest BCUT2D eigenvalue weighted by molar-refractivity contribution is 1.03. The number of hydrogen-bond donors (Lipinski definition) is 1. The Bertz CT molecular complexity index is 899.